The summed E-state index contributed by atoms with van der Waals surface area (Å²) in [7, 11) is 0. The van der Waals surface area contributed by atoms with Crippen LogP contribution in [0.3, 0.4) is 0 Å². The fourth-order valence-electron chi connectivity index (χ4n) is 6.36. The average molecular weight is 397 g/mol. The van der Waals surface area contributed by atoms with Crippen LogP contribution in [0.4, 0.5) is 4.79 Å². The molecule has 4 aliphatic heterocycles. The van der Waals surface area contributed by atoms with Gasteiger partial charge in [-0.25, -0.2) is 4.79 Å². The molecule has 1 aliphatic carbocycles. The number of piperidine rings is 3. The molecule has 2 bridgehead atoms. The van der Waals surface area contributed by atoms with E-state index in [9.17, 15) is 4.79 Å². The predicted molar refractivity (Wildman–Crippen MR) is 115 cm³/mol. The van der Waals surface area contributed by atoms with Crippen LogP contribution < -0.4 is 0 Å². The summed E-state index contributed by atoms with van der Waals surface area (Å²) in [5.41, 5.74) is 2.82. The molecule has 1 aromatic carbocycles. The van der Waals surface area contributed by atoms with Gasteiger partial charge in [0.15, 0.2) is 0 Å². The lowest BCUT2D eigenvalue weighted by Gasteiger charge is -2.46. The zero-order valence-corrected chi connectivity index (χ0v) is 17.7. The van der Waals surface area contributed by atoms with E-state index in [-0.39, 0.29) is 18.2 Å². The van der Waals surface area contributed by atoms with Crippen molar-refractivity contribution >= 4 is 6.09 Å². The molecule has 3 saturated heterocycles. The van der Waals surface area contributed by atoms with Crippen molar-refractivity contribution in [2.24, 2.45) is 11.8 Å². The van der Waals surface area contributed by atoms with Crippen LogP contribution in [0.2, 0.25) is 0 Å². The van der Waals surface area contributed by atoms with Gasteiger partial charge in [-0.15, -0.1) is 0 Å². The number of fused-ring (bicyclic) bond motifs is 4. The lowest BCUT2D eigenvalue weighted by atomic mass is 9.78. The Kier molecular flexibility index (Phi) is 5.81. The molecular formula is C25H36N2O2. The number of hydrogen-bond donors (Lipinski definition) is 0. The van der Waals surface area contributed by atoms with Crippen LogP contribution in [0.5, 0.6) is 0 Å². The minimum Gasteiger partial charge on any atom is -0.444 e. The van der Waals surface area contributed by atoms with Crippen LogP contribution in [-0.2, 0) is 11.2 Å². The number of amides is 1. The molecular weight excluding hydrogens is 360 g/mol. The van der Waals surface area contributed by atoms with E-state index in [2.05, 4.69) is 34.1 Å². The number of benzene rings is 1. The van der Waals surface area contributed by atoms with E-state index in [4.69, 9.17) is 4.74 Å². The Morgan fingerprint density at radius 1 is 0.862 bits per heavy atom. The molecule has 1 saturated carbocycles. The Morgan fingerprint density at radius 3 is 2.31 bits per heavy atom. The van der Waals surface area contributed by atoms with Crippen LogP contribution in [0, 0.1) is 11.8 Å². The van der Waals surface area contributed by atoms with Crippen molar-refractivity contribution in [3.8, 4) is 0 Å². The molecule has 0 spiro atoms. The Balaban J connectivity index is 1.37. The highest BCUT2D eigenvalue weighted by molar-refractivity contribution is 5.69. The molecule has 1 aromatic rings. The zero-order chi connectivity index (χ0) is 19.6. The molecule has 0 aromatic heterocycles. The first-order chi connectivity index (χ1) is 14.3. The quantitative estimate of drug-likeness (QED) is 0.691. The maximum absolute atomic E-state index is 13.4. The number of hydrogen-bond acceptors (Lipinski definition) is 3. The Hall–Kier alpha value is -1.55. The van der Waals surface area contributed by atoms with Gasteiger partial charge in [-0.3, -0.25) is 4.90 Å². The molecule has 1 amide bonds. The first kappa shape index (κ1) is 19.4. The fraction of sp³-hybridized carbons (Fsp3) is 0.720. The lowest BCUT2D eigenvalue weighted by Crippen LogP contribution is -2.53. The maximum Gasteiger partial charge on any atom is 0.410 e. The topological polar surface area (TPSA) is 32.8 Å². The number of carbonyl (C=O) groups is 1. The standard InChI is InChI=1S/C25H36N2O2/c28-25(29-23-18-26-15-12-20(23)13-16-26)27-17-14-19-8-6-7-11-22(19)24(27)21-9-4-2-1-3-5-10-21/h6-8,11,20-21,23-24H,1-5,9-10,12-18H2. The van der Waals surface area contributed by atoms with Gasteiger partial charge in [0.2, 0.25) is 0 Å². The highest BCUT2D eigenvalue weighted by Gasteiger charge is 2.41. The third kappa shape index (κ3) is 4.05. The van der Waals surface area contributed by atoms with Gasteiger partial charge in [0.1, 0.15) is 6.10 Å². The first-order valence-electron chi connectivity index (χ1n) is 12.1. The number of carbonyl (C=O) groups excluding carboxylic acids is 1. The molecule has 4 nitrogen and oxygen atoms in total. The van der Waals surface area contributed by atoms with Crippen molar-refractivity contribution in [3.05, 3.63) is 35.4 Å². The zero-order valence-electron chi connectivity index (χ0n) is 17.7. The van der Waals surface area contributed by atoms with Crippen molar-refractivity contribution in [3.63, 3.8) is 0 Å². The van der Waals surface area contributed by atoms with E-state index >= 15 is 0 Å². The van der Waals surface area contributed by atoms with Crippen molar-refractivity contribution in [1.29, 1.82) is 0 Å². The summed E-state index contributed by atoms with van der Waals surface area (Å²) in [5.74, 6) is 1.14. The largest absolute Gasteiger partial charge is 0.444 e. The molecule has 0 N–H and O–H groups in total. The molecule has 4 heteroatoms. The lowest BCUT2D eigenvalue weighted by molar-refractivity contribution is -0.0504. The number of rotatable bonds is 2. The number of ether oxygens (including phenoxy) is 1. The summed E-state index contributed by atoms with van der Waals surface area (Å²) in [6.07, 6.45) is 12.5. The summed E-state index contributed by atoms with van der Waals surface area (Å²) in [6.45, 7) is 4.11. The molecule has 5 aliphatic rings. The Morgan fingerprint density at radius 2 is 1.59 bits per heavy atom. The molecule has 4 heterocycles. The Labute approximate surface area is 175 Å². The second-order valence-corrected chi connectivity index (χ2v) is 9.75. The summed E-state index contributed by atoms with van der Waals surface area (Å²) < 4.78 is 6.20. The predicted octanol–water partition coefficient (Wildman–Crippen LogP) is 5.18. The second kappa shape index (κ2) is 8.67. The summed E-state index contributed by atoms with van der Waals surface area (Å²) in [6, 6.07) is 9.03. The highest BCUT2D eigenvalue weighted by Crippen LogP contribution is 2.42. The second-order valence-electron chi connectivity index (χ2n) is 9.75. The van der Waals surface area contributed by atoms with Gasteiger partial charge in [-0.05, 0) is 68.2 Å². The number of nitrogens with zero attached hydrogens (tertiary/aromatic N) is 2. The van der Waals surface area contributed by atoms with Gasteiger partial charge in [-0.2, -0.15) is 0 Å². The Bertz CT molecular complexity index is 705. The minimum atomic E-state index is -0.0506. The van der Waals surface area contributed by atoms with Crippen molar-refractivity contribution in [2.75, 3.05) is 26.2 Å². The van der Waals surface area contributed by atoms with E-state index in [1.54, 1.807) is 0 Å². The third-order valence-corrected chi connectivity index (χ3v) is 8.01. The molecule has 158 valence electrons. The molecule has 4 fully saturated rings. The SMILES string of the molecule is O=C(OC1CN2CCC1CC2)N1CCc2ccccc2C1C1CCCCCCC1. The highest BCUT2D eigenvalue weighted by atomic mass is 16.6. The van der Waals surface area contributed by atoms with Crippen LogP contribution in [0.15, 0.2) is 24.3 Å². The van der Waals surface area contributed by atoms with Crippen LogP contribution in [-0.4, -0.2) is 48.2 Å². The summed E-state index contributed by atoms with van der Waals surface area (Å²) in [5, 5.41) is 0. The minimum absolute atomic E-state index is 0.0506. The fourth-order valence-corrected chi connectivity index (χ4v) is 6.36. The molecule has 2 unspecified atom stereocenters. The van der Waals surface area contributed by atoms with E-state index in [0.29, 0.717) is 11.8 Å². The van der Waals surface area contributed by atoms with Crippen LogP contribution in [0.25, 0.3) is 0 Å². The van der Waals surface area contributed by atoms with Crippen molar-refractivity contribution < 1.29 is 9.53 Å². The van der Waals surface area contributed by atoms with Gasteiger partial charge in [-0.1, -0.05) is 56.4 Å². The van der Waals surface area contributed by atoms with Crippen molar-refractivity contribution in [1.82, 2.24) is 9.80 Å². The molecule has 6 rings (SSSR count). The van der Waals surface area contributed by atoms with Gasteiger partial charge in [0.05, 0.1) is 6.04 Å². The van der Waals surface area contributed by atoms with E-state index in [1.165, 1.54) is 82.0 Å². The summed E-state index contributed by atoms with van der Waals surface area (Å²) >= 11 is 0. The molecule has 2 atom stereocenters. The smallest absolute Gasteiger partial charge is 0.410 e. The van der Waals surface area contributed by atoms with Gasteiger partial charge in [0, 0.05) is 13.1 Å². The van der Waals surface area contributed by atoms with E-state index < -0.39 is 0 Å². The van der Waals surface area contributed by atoms with Crippen LogP contribution in [0.1, 0.15) is 75.0 Å². The average Bonchev–Trinajstić information content (AvgIpc) is 2.74. The van der Waals surface area contributed by atoms with Crippen molar-refractivity contribution in [2.45, 2.75) is 76.4 Å². The van der Waals surface area contributed by atoms with E-state index in [1.807, 2.05) is 0 Å². The van der Waals surface area contributed by atoms with E-state index in [0.717, 1.165) is 19.5 Å². The first-order valence-corrected chi connectivity index (χ1v) is 12.1. The molecule has 29 heavy (non-hydrogen) atoms. The van der Waals surface area contributed by atoms with Gasteiger partial charge < -0.3 is 9.64 Å². The van der Waals surface area contributed by atoms with Crippen LogP contribution >= 0.6 is 0 Å². The molecule has 0 radical (unpaired) electrons. The summed E-state index contributed by atoms with van der Waals surface area (Å²) in [4.78, 5) is 18.0. The monoisotopic (exact) mass is 396 g/mol. The third-order valence-electron chi connectivity index (χ3n) is 8.01. The normalized spacial score (nSPS) is 32.9. The van der Waals surface area contributed by atoms with Gasteiger partial charge in [0.25, 0.3) is 0 Å². The maximum atomic E-state index is 13.4. The van der Waals surface area contributed by atoms with Gasteiger partial charge >= 0.3 is 6.09 Å².